The Balaban J connectivity index is 1.80. The number of benzene rings is 2. The number of halogens is 4. The van der Waals surface area contributed by atoms with Gasteiger partial charge in [0.2, 0.25) is 0 Å². The standard InChI is InChI=1S/C19H14F4N2O4/c1-19(10-2-5-12(6-3-10)29-17(22)23)16(27)25(18(28)24-19)9-15(26)13-7-4-11(20)8-14(13)21/h2-8,17H,9H2,1H3,(H,24,28). The first-order valence-electron chi connectivity index (χ1n) is 8.29. The Morgan fingerprint density at radius 1 is 1.14 bits per heavy atom. The molecule has 2 aromatic rings. The molecule has 152 valence electrons. The molecule has 0 saturated carbocycles. The van der Waals surface area contributed by atoms with Gasteiger partial charge in [-0.3, -0.25) is 14.5 Å². The largest absolute Gasteiger partial charge is 0.435 e. The molecule has 3 rings (SSSR count). The van der Waals surface area contributed by atoms with Crippen LogP contribution in [-0.2, 0) is 10.3 Å². The molecule has 0 radical (unpaired) electrons. The van der Waals surface area contributed by atoms with Crippen LogP contribution in [0.3, 0.4) is 0 Å². The molecule has 29 heavy (non-hydrogen) atoms. The first-order chi connectivity index (χ1) is 13.6. The molecule has 1 atom stereocenters. The van der Waals surface area contributed by atoms with Gasteiger partial charge in [0, 0.05) is 6.07 Å². The number of urea groups is 1. The van der Waals surface area contributed by atoms with Crippen LogP contribution in [0.1, 0.15) is 22.8 Å². The second-order valence-electron chi connectivity index (χ2n) is 6.40. The number of rotatable bonds is 6. The molecule has 10 heteroatoms. The number of alkyl halides is 2. The fourth-order valence-electron chi connectivity index (χ4n) is 2.95. The highest BCUT2D eigenvalue weighted by atomic mass is 19.3. The fraction of sp³-hybridized carbons (Fsp3) is 0.211. The van der Waals surface area contributed by atoms with E-state index in [1.165, 1.54) is 31.2 Å². The summed E-state index contributed by atoms with van der Waals surface area (Å²) in [4.78, 5) is 37.9. The van der Waals surface area contributed by atoms with Gasteiger partial charge in [-0.2, -0.15) is 8.78 Å². The third-order valence-corrected chi connectivity index (χ3v) is 4.47. The fourth-order valence-corrected chi connectivity index (χ4v) is 2.95. The smallest absolute Gasteiger partial charge is 0.387 e. The molecule has 1 unspecified atom stereocenters. The molecule has 1 aliphatic rings. The van der Waals surface area contributed by atoms with Gasteiger partial charge in [0.1, 0.15) is 22.9 Å². The van der Waals surface area contributed by atoms with Crippen LogP contribution in [0.25, 0.3) is 0 Å². The Bertz CT molecular complexity index is 981. The summed E-state index contributed by atoms with van der Waals surface area (Å²) in [5.41, 5.74) is -1.77. The number of Topliss-reactive ketones (excluding diaryl/α,β-unsaturated/α-hetero) is 1. The number of nitrogens with one attached hydrogen (secondary N) is 1. The summed E-state index contributed by atoms with van der Waals surface area (Å²) in [6, 6.07) is 6.48. The van der Waals surface area contributed by atoms with E-state index < -0.39 is 53.6 Å². The van der Waals surface area contributed by atoms with E-state index >= 15 is 0 Å². The minimum absolute atomic E-state index is 0.136. The average Bonchev–Trinajstić information content (AvgIpc) is 2.85. The number of hydrogen-bond acceptors (Lipinski definition) is 4. The van der Waals surface area contributed by atoms with E-state index in [9.17, 15) is 31.9 Å². The molecule has 1 aliphatic heterocycles. The summed E-state index contributed by atoms with van der Waals surface area (Å²) in [5, 5.41) is 2.43. The van der Waals surface area contributed by atoms with Gasteiger partial charge in [-0.15, -0.1) is 0 Å². The molecule has 1 saturated heterocycles. The van der Waals surface area contributed by atoms with Crippen LogP contribution in [0.5, 0.6) is 5.75 Å². The van der Waals surface area contributed by atoms with E-state index in [2.05, 4.69) is 10.1 Å². The van der Waals surface area contributed by atoms with Crippen LogP contribution < -0.4 is 10.1 Å². The summed E-state index contributed by atoms with van der Waals surface area (Å²) in [6.45, 7) is -2.40. The number of imide groups is 1. The molecule has 0 bridgehead atoms. The zero-order valence-electron chi connectivity index (χ0n) is 14.9. The first-order valence-corrected chi connectivity index (χ1v) is 8.29. The van der Waals surface area contributed by atoms with Crippen molar-refractivity contribution in [1.29, 1.82) is 0 Å². The molecule has 3 amide bonds. The minimum atomic E-state index is -3.02. The Kier molecular flexibility index (Phi) is 5.27. The van der Waals surface area contributed by atoms with Gasteiger partial charge >= 0.3 is 12.6 Å². The van der Waals surface area contributed by atoms with Gasteiger partial charge in [-0.1, -0.05) is 12.1 Å². The second kappa shape index (κ2) is 7.53. The first kappa shape index (κ1) is 20.3. The maximum absolute atomic E-state index is 13.8. The molecule has 6 nitrogen and oxygen atoms in total. The van der Waals surface area contributed by atoms with Crippen LogP contribution >= 0.6 is 0 Å². The lowest BCUT2D eigenvalue weighted by molar-refractivity contribution is -0.130. The number of nitrogens with zero attached hydrogens (tertiary/aromatic N) is 1. The molecule has 0 spiro atoms. The Morgan fingerprint density at radius 3 is 2.38 bits per heavy atom. The molecular weight excluding hydrogens is 396 g/mol. The van der Waals surface area contributed by atoms with Gasteiger partial charge in [0.15, 0.2) is 5.78 Å². The van der Waals surface area contributed by atoms with Crippen molar-refractivity contribution in [3.8, 4) is 5.75 Å². The Morgan fingerprint density at radius 2 is 1.79 bits per heavy atom. The van der Waals surface area contributed by atoms with Crippen molar-refractivity contribution in [2.75, 3.05) is 6.54 Å². The number of ketones is 1. The number of carbonyl (C=O) groups is 3. The van der Waals surface area contributed by atoms with Crippen LogP contribution in [0.2, 0.25) is 0 Å². The summed E-state index contributed by atoms with van der Waals surface area (Å²) >= 11 is 0. The lowest BCUT2D eigenvalue weighted by Gasteiger charge is -2.22. The van der Waals surface area contributed by atoms with Crippen molar-refractivity contribution >= 4 is 17.7 Å². The number of carbonyl (C=O) groups excluding carboxylic acids is 3. The topological polar surface area (TPSA) is 75.7 Å². The monoisotopic (exact) mass is 410 g/mol. The predicted octanol–water partition coefficient (Wildman–Crippen LogP) is 3.22. The average molecular weight is 410 g/mol. The normalized spacial score (nSPS) is 18.9. The summed E-state index contributed by atoms with van der Waals surface area (Å²) < 4.78 is 55.5. The maximum atomic E-state index is 13.8. The van der Waals surface area contributed by atoms with Crippen molar-refractivity contribution in [2.45, 2.75) is 19.1 Å². The van der Waals surface area contributed by atoms with Crippen molar-refractivity contribution < 1.29 is 36.7 Å². The molecular formula is C19H14F4N2O4. The van der Waals surface area contributed by atoms with Crippen LogP contribution in [-0.4, -0.2) is 35.8 Å². The van der Waals surface area contributed by atoms with Gasteiger partial charge in [0.25, 0.3) is 5.91 Å². The third kappa shape index (κ3) is 3.91. The molecule has 1 N–H and O–H groups in total. The van der Waals surface area contributed by atoms with E-state index in [1.807, 2.05) is 0 Å². The number of ether oxygens (including phenoxy) is 1. The zero-order chi connectivity index (χ0) is 21.3. The summed E-state index contributed by atoms with van der Waals surface area (Å²) in [7, 11) is 0. The van der Waals surface area contributed by atoms with Gasteiger partial charge in [0.05, 0.1) is 12.1 Å². The molecule has 0 aliphatic carbocycles. The Labute approximate surface area is 162 Å². The van der Waals surface area contributed by atoms with Crippen LogP contribution in [0.15, 0.2) is 42.5 Å². The highest BCUT2D eigenvalue weighted by molar-refractivity contribution is 6.11. The lowest BCUT2D eigenvalue weighted by atomic mass is 9.92. The summed E-state index contributed by atoms with van der Waals surface area (Å²) in [5.74, 6) is -3.81. The highest BCUT2D eigenvalue weighted by Gasteiger charge is 2.49. The van der Waals surface area contributed by atoms with Crippen molar-refractivity contribution in [1.82, 2.24) is 10.2 Å². The van der Waals surface area contributed by atoms with Crippen LogP contribution in [0.4, 0.5) is 22.4 Å². The lowest BCUT2D eigenvalue weighted by Crippen LogP contribution is -2.41. The van der Waals surface area contributed by atoms with Crippen LogP contribution in [0, 0.1) is 11.6 Å². The van der Waals surface area contributed by atoms with Crippen molar-refractivity contribution in [2.24, 2.45) is 0 Å². The molecule has 2 aromatic carbocycles. The third-order valence-electron chi connectivity index (χ3n) is 4.47. The van der Waals surface area contributed by atoms with Gasteiger partial charge in [-0.25, -0.2) is 13.6 Å². The number of hydrogen-bond donors (Lipinski definition) is 1. The number of amides is 3. The minimum Gasteiger partial charge on any atom is -0.435 e. The van der Waals surface area contributed by atoms with E-state index in [-0.39, 0.29) is 11.3 Å². The van der Waals surface area contributed by atoms with Gasteiger partial charge in [-0.05, 0) is 36.8 Å². The molecule has 1 heterocycles. The SMILES string of the molecule is CC1(c2ccc(OC(F)F)cc2)NC(=O)N(CC(=O)c2ccc(F)cc2F)C1=O. The molecule has 0 aromatic heterocycles. The summed E-state index contributed by atoms with van der Waals surface area (Å²) in [6.07, 6.45) is 0. The van der Waals surface area contributed by atoms with Crippen molar-refractivity contribution in [3.63, 3.8) is 0 Å². The van der Waals surface area contributed by atoms with Gasteiger partial charge < -0.3 is 10.1 Å². The highest BCUT2D eigenvalue weighted by Crippen LogP contribution is 2.30. The van der Waals surface area contributed by atoms with Crippen molar-refractivity contribution in [3.05, 3.63) is 65.2 Å². The Hall–Kier alpha value is -3.43. The quantitative estimate of drug-likeness (QED) is 0.451. The second-order valence-corrected chi connectivity index (χ2v) is 6.40. The van der Waals surface area contributed by atoms with E-state index in [1.54, 1.807) is 0 Å². The maximum Gasteiger partial charge on any atom is 0.387 e. The van der Waals surface area contributed by atoms with E-state index in [4.69, 9.17) is 0 Å². The molecule has 1 fully saturated rings. The van der Waals surface area contributed by atoms with E-state index in [0.29, 0.717) is 11.0 Å². The zero-order valence-corrected chi connectivity index (χ0v) is 14.9. The van der Waals surface area contributed by atoms with E-state index in [0.717, 1.165) is 12.1 Å². The predicted molar refractivity (Wildman–Crippen MR) is 91.4 cm³/mol.